The number of benzene rings is 2. The van der Waals surface area contributed by atoms with Gasteiger partial charge in [0.1, 0.15) is 0 Å². The Bertz CT molecular complexity index is 986. The van der Waals surface area contributed by atoms with Crippen LogP contribution >= 0.6 is 0 Å². The van der Waals surface area contributed by atoms with Crippen molar-refractivity contribution in [1.29, 1.82) is 0 Å². The van der Waals surface area contributed by atoms with Crippen molar-refractivity contribution in [2.45, 2.75) is 44.6 Å². The number of likely N-dealkylation sites (tertiary alicyclic amines) is 1. The van der Waals surface area contributed by atoms with E-state index >= 15 is 0 Å². The minimum atomic E-state index is 0.0240. The highest BCUT2D eigenvalue weighted by molar-refractivity contribution is 6.04. The van der Waals surface area contributed by atoms with E-state index < -0.39 is 0 Å². The molecule has 31 heavy (non-hydrogen) atoms. The molecule has 1 saturated carbocycles. The van der Waals surface area contributed by atoms with Crippen molar-refractivity contribution >= 4 is 22.8 Å². The standard InChI is InChI=1S/C26H33N3O2/c1-17-24-25(31)22-9-8-21(28-20-5-3-4-19(14-20)27-11-13-30)15-23(22)26(17,2)10-12-29(24)16-18-6-7-18/h3-5,8-9,14-15,17-18,24,27-28,30H,6-7,10-13,16H2,1-2H3/t17-,24?,26+/m0/s1. The zero-order chi connectivity index (χ0) is 21.6. The molecule has 5 heteroatoms. The van der Waals surface area contributed by atoms with Crippen molar-refractivity contribution in [1.82, 2.24) is 4.90 Å². The summed E-state index contributed by atoms with van der Waals surface area (Å²) in [5.74, 6) is 1.43. The second-order valence-electron chi connectivity index (χ2n) is 9.82. The van der Waals surface area contributed by atoms with Gasteiger partial charge in [0, 0.05) is 35.7 Å². The quantitative estimate of drug-likeness (QED) is 0.620. The molecule has 1 saturated heterocycles. The molecular formula is C26H33N3O2. The van der Waals surface area contributed by atoms with Crippen molar-refractivity contribution in [3.05, 3.63) is 53.6 Å². The number of nitrogens with one attached hydrogen (secondary N) is 2. The predicted octanol–water partition coefficient (Wildman–Crippen LogP) is 4.41. The number of fused-ring (bicyclic) bond motifs is 4. The van der Waals surface area contributed by atoms with Crippen LogP contribution in [0, 0.1) is 11.8 Å². The molecule has 0 amide bonds. The van der Waals surface area contributed by atoms with E-state index in [9.17, 15) is 4.79 Å². The highest BCUT2D eigenvalue weighted by atomic mass is 16.3. The van der Waals surface area contributed by atoms with E-state index in [2.05, 4.69) is 35.4 Å². The number of carbonyl (C=O) groups excluding carboxylic acids is 1. The lowest BCUT2D eigenvalue weighted by atomic mass is 9.58. The van der Waals surface area contributed by atoms with Crippen LogP contribution in [-0.4, -0.2) is 48.1 Å². The van der Waals surface area contributed by atoms with Gasteiger partial charge in [0.25, 0.3) is 0 Å². The number of hydrogen-bond acceptors (Lipinski definition) is 5. The van der Waals surface area contributed by atoms with Crippen molar-refractivity contribution in [2.24, 2.45) is 11.8 Å². The number of aliphatic hydroxyl groups excluding tert-OH is 1. The first-order chi connectivity index (χ1) is 15.0. The number of piperidine rings is 1. The molecule has 2 bridgehead atoms. The third-order valence-corrected chi connectivity index (χ3v) is 7.74. The Morgan fingerprint density at radius 3 is 2.68 bits per heavy atom. The van der Waals surface area contributed by atoms with E-state index in [0.717, 1.165) is 48.1 Å². The topological polar surface area (TPSA) is 64.6 Å². The third-order valence-electron chi connectivity index (χ3n) is 7.74. The minimum absolute atomic E-state index is 0.0240. The normalized spacial score (nSPS) is 27.6. The summed E-state index contributed by atoms with van der Waals surface area (Å²) in [6, 6.07) is 14.3. The fourth-order valence-corrected chi connectivity index (χ4v) is 5.56. The molecule has 0 spiro atoms. The van der Waals surface area contributed by atoms with Crippen LogP contribution < -0.4 is 10.6 Å². The summed E-state index contributed by atoms with van der Waals surface area (Å²) in [6.07, 6.45) is 3.75. The molecule has 2 aromatic carbocycles. The molecule has 164 valence electrons. The molecule has 3 N–H and O–H groups in total. The maximum absolute atomic E-state index is 13.5. The molecular weight excluding hydrogens is 386 g/mol. The fourth-order valence-electron chi connectivity index (χ4n) is 5.56. The van der Waals surface area contributed by atoms with Gasteiger partial charge in [0.05, 0.1) is 12.6 Å². The lowest BCUT2D eigenvalue weighted by Crippen LogP contribution is -2.61. The van der Waals surface area contributed by atoms with Crippen molar-refractivity contribution in [3.63, 3.8) is 0 Å². The van der Waals surface area contributed by atoms with Gasteiger partial charge in [0.2, 0.25) is 0 Å². The zero-order valence-electron chi connectivity index (χ0n) is 18.5. The summed E-state index contributed by atoms with van der Waals surface area (Å²) in [4.78, 5) is 16.0. The van der Waals surface area contributed by atoms with Crippen LogP contribution in [0.4, 0.5) is 17.1 Å². The summed E-state index contributed by atoms with van der Waals surface area (Å²) >= 11 is 0. The molecule has 1 aliphatic heterocycles. The fraction of sp³-hybridized carbons (Fsp3) is 0.500. The average Bonchev–Trinajstić information content (AvgIpc) is 3.58. The van der Waals surface area contributed by atoms with Gasteiger partial charge in [-0.2, -0.15) is 0 Å². The van der Waals surface area contributed by atoms with Crippen LogP contribution in [0.2, 0.25) is 0 Å². The van der Waals surface area contributed by atoms with E-state index in [0.29, 0.717) is 18.2 Å². The van der Waals surface area contributed by atoms with Gasteiger partial charge in [0.15, 0.2) is 5.78 Å². The predicted molar refractivity (Wildman–Crippen MR) is 125 cm³/mol. The lowest BCUT2D eigenvalue weighted by molar-refractivity contribution is 0.0266. The van der Waals surface area contributed by atoms with Crippen molar-refractivity contribution in [2.75, 3.05) is 36.9 Å². The van der Waals surface area contributed by atoms with E-state index in [1.807, 2.05) is 36.4 Å². The molecule has 1 unspecified atom stereocenters. The van der Waals surface area contributed by atoms with Crippen LogP contribution in [0.15, 0.2) is 42.5 Å². The number of carbonyl (C=O) groups is 1. The van der Waals surface area contributed by atoms with Crippen molar-refractivity contribution in [3.8, 4) is 0 Å². The molecule has 1 heterocycles. The Morgan fingerprint density at radius 2 is 1.90 bits per heavy atom. The summed E-state index contributed by atoms with van der Waals surface area (Å²) in [6.45, 7) is 7.37. The Kier molecular flexibility index (Phi) is 5.27. The van der Waals surface area contributed by atoms with E-state index in [-0.39, 0.29) is 18.1 Å². The van der Waals surface area contributed by atoms with Crippen LogP contribution in [-0.2, 0) is 5.41 Å². The van der Waals surface area contributed by atoms with Gasteiger partial charge in [-0.1, -0.05) is 19.9 Å². The number of hydrogen-bond donors (Lipinski definition) is 3. The third kappa shape index (κ3) is 3.74. The Balaban J connectivity index is 1.42. The summed E-state index contributed by atoms with van der Waals surface area (Å²) in [7, 11) is 0. The van der Waals surface area contributed by atoms with Gasteiger partial charge < -0.3 is 15.7 Å². The maximum atomic E-state index is 13.5. The number of aliphatic hydroxyl groups is 1. The van der Waals surface area contributed by atoms with Gasteiger partial charge in [-0.25, -0.2) is 0 Å². The second-order valence-corrected chi connectivity index (χ2v) is 9.82. The highest BCUT2D eigenvalue weighted by Gasteiger charge is 2.52. The number of nitrogens with zero attached hydrogens (tertiary/aromatic N) is 1. The molecule has 3 aliphatic rings. The first-order valence-corrected chi connectivity index (χ1v) is 11.6. The molecule has 0 radical (unpaired) electrons. The maximum Gasteiger partial charge on any atom is 0.180 e. The molecule has 2 aromatic rings. The number of rotatable bonds is 7. The van der Waals surface area contributed by atoms with E-state index in [1.54, 1.807) is 0 Å². The van der Waals surface area contributed by atoms with Gasteiger partial charge in [-0.3, -0.25) is 9.69 Å². The molecule has 5 nitrogen and oxygen atoms in total. The lowest BCUT2D eigenvalue weighted by Gasteiger charge is -2.53. The van der Waals surface area contributed by atoms with Crippen molar-refractivity contribution < 1.29 is 9.90 Å². The van der Waals surface area contributed by atoms with E-state index in [1.165, 1.54) is 18.4 Å². The van der Waals surface area contributed by atoms with E-state index in [4.69, 9.17) is 5.11 Å². The largest absolute Gasteiger partial charge is 0.395 e. The first-order valence-electron chi connectivity index (χ1n) is 11.6. The molecule has 0 aromatic heterocycles. The molecule has 2 fully saturated rings. The monoisotopic (exact) mass is 419 g/mol. The Labute approximate surface area is 184 Å². The molecule has 3 atom stereocenters. The minimum Gasteiger partial charge on any atom is -0.395 e. The average molecular weight is 420 g/mol. The zero-order valence-corrected chi connectivity index (χ0v) is 18.5. The second kappa shape index (κ2) is 7.95. The van der Waals surface area contributed by atoms with Crippen LogP contribution in [0.3, 0.4) is 0 Å². The number of Topliss-reactive ketones (excluding diaryl/α,β-unsaturated/α-hetero) is 1. The van der Waals surface area contributed by atoms with Crippen LogP contribution in [0.5, 0.6) is 0 Å². The van der Waals surface area contributed by atoms with Gasteiger partial charge in [-0.05, 0) is 85.0 Å². The van der Waals surface area contributed by atoms with Crippen LogP contribution in [0.1, 0.15) is 49.0 Å². The number of anilines is 3. The number of ketones is 1. The summed E-state index contributed by atoms with van der Waals surface area (Å²) in [5, 5.41) is 15.7. The molecule has 5 rings (SSSR count). The Hall–Kier alpha value is -2.37. The summed E-state index contributed by atoms with van der Waals surface area (Å²) < 4.78 is 0. The SMILES string of the molecule is C[C@H]1C2C(=O)c3ccc(Nc4cccc(NCCO)c4)cc3[C@]1(C)CCN2CC1CC1. The highest BCUT2D eigenvalue weighted by Crippen LogP contribution is 2.50. The first kappa shape index (κ1) is 20.5. The Morgan fingerprint density at radius 1 is 1.13 bits per heavy atom. The molecule has 2 aliphatic carbocycles. The van der Waals surface area contributed by atoms with Gasteiger partial charge >= 0.3 is 0 Å². The smallest absolute Gasteiger partial charge is 0.180 e. The van der Waals surface area contributed by atoms with Crippen LogP contribution in [0.25, 0.3) is 0 Å². The summed E-state index contributed by atoms with van der Waals surface area (Å²) in [5.41, 5.74) is 5.11. The van der Waals surface area contributed by atoms with Gasteiger partial charge in [-0.15, -0.1) is 0 Å².